The first kappa shape index (κ1) is 24.9. The van der Waals surface area contributed by atoms with Gasteiger partial charge in [-0.2, -0.15) is 0 Å². The molecule has 0 aromatic heterocycles. The zero-order valence-corrected chi connectivity index (χ0v) is 18.8. The number of methoxy groups -OCH3 is 2. The number of piperazine rings is 1. The number of nitrogens with one attached hydrogen (secondary N) is 1. The Balaban J connectivity index is 1.68. The van der Waals surface area contributed by atoms with Crippen molar-refractivity contribution in [2.24, 2.45) is 0 Å². The molecule has 11 heteroatoms. The number of carbonyl (C=O) groups excluding carboxylic acids is 2. The predicted molar refractivity (Wildman–Crippen MR) is 118 cm³/mol. The van der Waals surface area contributed by atoms with E-state index in [1.54, 1.807) is 24.1 Å². The molecule has 0 unspecified atom stereocenters. The molecular weight excluding hydrogens is 424 g/mol. The van der Waals surface area contributed by atoms with E-state index in [-0.39, 0.29) is 23.3 Å². The minimum absolute atomic E-state index is 0.0139. The van der Waals surface area contributed by atoms with Crippen LogP contribution in [0.5, 0.6) is 5.75 Å². The Morgan fingerprint density at radius 3 is 2.61 bits per heavy atom. The molecule has 0 bridgehead atoms. The molecule has 1 aromatic rings. The zero-order valence-electron chi connectivity index (χ0n) is 18.0. The first-order valence-electron chi connectivity index (χ1n) is 10.1. The van der Waals surface area contributed by atoms with Crippen LogP contribution < -0.4 is 10.1 Å². The van der Waals surface area contributed by atoms with Gasteiger partial charge in [0.15, 0.2) is 5.75 Å². The molecule has 0 aliphatic carbocycles. The number of rotatable bonds is 12. The maximum atomic E-state index is 12.5. The molecule has 1 aliphatic rings. The fraction of sp³-hybridized carbons (Fsp3) is 0.600. The zero-order chi connectivity index (χ0) is 22.6. The molecule has 0 atom stereocenters. The number of thioether (sulfide) groups is 1. The van der Waals surface area contributed by atoms with Gasteiger partial charge < -0.3 is 19.7 Å². The maximum Gasteiger partial charge on any atom is 0.311 e. The number of hydrogen-bond donors (Lipinski definition) is 1. The summed E-state index contributed by atoms with van der Waals surface area (Å²) in [5.74, 6) is 1.05. The standard InChI is InChI=1S/C20H30N4O6S/c1-29-11-3-6-21-19(25)13-22-7-9-23(10-8-22)20(26)15-31-14-16-4-5-18(30-2)17(12-16)24(27)28/h4-5,12H,3,6-11,13-15H2,1-2H3,(H,21,25). The van der Waals surface area contributed by atoms with Gasteiger partial charge in [-0.25, -0.2) is 0 Å². The van der Waals surface area contributed by atoms with Crippen molar-refractivity contribution in [2.75, 3.05) is 65.8 Å². The Bertz CT molecular complexity index is 755. The molecule has 1 saturated heterocycles. The van der Waals surface area contributed by atoms with Crippen LogP contribution in [0.25, 0.3) is 0 Å². The van der Waals surface area contributed by atoms with Crippen molar-refractivity contribution in [2.45, 2.75) is 12.2 Å². The number of ether oxygens (including phenoxy) is 2. The van der Waals surface area contributed by atoms with Crippen LogP contribution in [-0.2, 0) is 20.1 Å². The van der Waals surface area contributed by atoms with E-state index in [2.05, 4.69) is 5.32 Å². The second kappa shape index (κ2) is 13.1. The van der Waals surface area contributed by atoms with Gasteiger partial charge in [-0.1, -0.05) is 6.07 Å². The third-order valence-electron chi connectivity index (χ3n) is 4.87. The minimum Gasteiger partial charge on any atom is -0.490 e. The molecule has 1 aliphatic heterocycles. The van der Waals surface area contributed by atoms with E-state index in [1.165, 1.54) is 24.9 Å². The Labute approximate surface area is 186 Å². The van der Waals surface area contributed by atoms with Crippen LogP contribution in [0.2, 0.25) is 0 Å². The third kappa shape index (κ3) is 8.35. The van der Waals surface area contributed by atoms with Crippen molar-refractivity contribution < 1.29 is 24.0 Å². The highest BCUT2D eigenvalue weighted by Gasteiger charge is 2.22. The molecule has 1 heterocycles. The summed E-state index contributed by atoms with van der Waals surface area (Å²) in [5, 5.41) is 14.0. The van der Waals surface area contributed by atoms with Gasteiger partial charge >= 0.3 is 5.69 Å². The average molecular weight is 455 g/mol. The van der Waals surface area contributed by atoms with E-state index in [0.717, 1.165) is 12.0 Å². The van der Waals surface area contributed by atoms with E-state index in [4.69, 9.17) is 9.47 Å². The van der Waals surface area contributed by atoms with Crippen molar-refractivity contribution in [3.05, 3.63) is 33.9 Å². The lowest BCUT2D eigenvalue weighted by molar-refractivity contribution is -0.385. The third-order valence-corrected chi connectivity index (χ3v) is 5.86. The van der Waals surface area contributed by atoms with Crippen molar-refractivity contribution in [3.8, 4) is 5.75 Å². The van der Waals surface area contributed by atoms with Crippen LogP contribution in [-0.4, -0.2) is 92.4 Å². The molecule has 2 rings (SSSR count). The summed E-state index contributed by atoms with van der Waals surface area (Å²) in [7, 11) is 3.02. The Kier molecular flexibility index (Phi) is 10.5. The summed E-state index contributed by atoms with van der Waals surface area (Å²) < 4.78 is 9.95. The summed E-state index contributed by atoms with van der Waals surface area (Å²) in [6.07, 6.45) is 0.784. The van der Waals surface area contributed by atoms with Crippen molar-refractivity contribution >= 4 is 29.3 Å². The Morgan fingerprint density at radius 1 is 1.23 bits per heavy atom. The number of amides is 2. The molecular formula is C20H30N4O6S. The highest BCUT2D eigenvalue weighted by Crippen LogP contribution is 2.29. The molecule has 31 heavy (non-hydrogen) atoms. The lowest BCUT2D eigenvalue weighted by Gasteiger charge is -2.34. The van der Waals surface area contributed by atoms with Gasteiger partial charge in [0.05, 0.1) is 24.3 Å². The highest BCUT2D eigenvalue weighted by molar-refractivity contribution is 7.99. The molecule has 0 saturated carbocycles. The Hall–Kier alpha value is -2.37. The van der Waals surface area contributed by atoms with Gasteiger partial charge in [-0.3, -0.25) is 24.6 Å². The van der Waals surface area contributed by atoms with Gasteiger partial charge in [0.25, 0.3) is 0 Å². The summed E-state index contributed by atoms with van der Waals surface area (Å²) in [5.41, 5.74) is 0.692. The Morgan fingerprint density at radius 2 is 1.97 bits per heavy atom. The van der Waals surface area contributed by atoms with Crippen LogP contribution in [0.1, 0.15) is 12.0 Å². The number of hydrogen-bond acceptors (Lipinski definition) is 8. The number of nitrogens with zero attached hydrogens (tertiary/aromatic N) is 3. The first-order chi connectivity index (χ1) is 14.9. The van der Waals surface area contributed by atoms with Crippen LogP contribution in [0.4, 0.5) is 5.69 Å². The smallest absolute Gasteiger partial charge is 0.311 e. The van der Waals surface area contributed by atoms with Crippen LogP contribution in [0.3, 0.4) is 0 Å². The van der Waals surface area contributed by atoms with Crippen LogP contribution >= 0.6 is 11.8 Å². The largest absolute Gasteiger partial charge is 0.490 e. The molecule has 2 amide bonds. The summed E-state index contributed by atoms with van der Waals surface area (Å²) in [4.78, 5) is 38.9. The minimum atomic E-state index is -0.475. The second-order valence-corrected chi connectivity index (χ2v) is 8.09. The van der Waals surface area contributed by atoms with E-state index in [9.17, 15) is 19.7 Å². The average Bonchev–Trinajstić information content (AvgIpc) is 2.77. The second-order valence-electron chi connectivity index (χ2n) is 7.11. The van der Waals surface area contributed by atoms with E-state index in [0.29, 0.717) is 57.4 Å². The summed E-state index contributed by atoms with van der Waals surface area (Å²) in [6.45, 7) is 4.04. The van der Waals surface area contributed by atoms with Gasteiger partial charge in [-0.15, -0.1) is 11.8 Å². The molecule has 0 spiro atoms. The van der Waals surface area contributed by atoms with Gasteiger partial charge in [0.2, 0.25) is 11.8 Å². The maximum absolute atomic E-state index is 12.5. The predicted octanol–water partition coefficient (Wildman–Crippen LogP) is 1.13. The van der Waals surface area contributed by atoms with E-state index < -0.39 is 4.92 Å². The van der Waals surface area contributed by atoms with Crippen LogP contribution in [0.15, 0.2) is 18.2 Å². The first-order valence-corrected chi connectivity index (χ1v) is 11.2. The van der Waals surface area contributed by atoms with Gasteiger partial charge in [0.1, 0.15) is 0 Å². The number of carbonyl (C=O) groups is 2. The van der Waals surface area contributed by atoms with E-state index >= 15 is 0 Å². The van der Waals surface area contributed by atoms with Gasteiger partial charge in [0, 0.05) is 58.3 Å². The topological polar surface area (TPSA) is 114 Å². The monoisotopic (exact) mass is 454 g/mol. The molecule has 10 nitrogen and oxygen atoms in total. The summed E-state index contributed by atoms with van der Waals surface area (Å²) >= 11 is 1.42. The quantitative estimate of drug-likeness (QED) is 0.284. The molecule has 0 radical (unpaired) electrons. The van der Waals surface area contributed by atoms with Gasteiger partial charge in [-0.05, 0) is 18.1 Å². The molecule has 1 N–H and O–H groups in total. The molecule has 1 aromatic carbocycles. The normalized spacial score (nSPS) is 14.3. The molecule has 1 fully saturated rings. The van der Waals surface area contributed by atoms with E-state index in [1.807, 2.05) is 4.90 Å². The number of nitro groups is 1. The lowest BCUT2D eigenvalue weighted by Crippen LogP contribution is -2.51. The van der Waals surface area contributed by atoms with Crippen molar-refractivity contribution in [3.63, 3.8) is 0 Å². The van der Waals surface area contributed by atoms with Crippen LogP contribution in [0, 0.1) is 10.1 Å². The lowest BCUT2D eigenvalue weighted by atomic mass is 10.2. The number of benzene rings is 1. The fourth-order valence-electron chi connectivity index (χ4n) is 3.17. The molecule has 172 valence electrons. The van der Waals surface area contributed by atoms with Crippen molar-refractivity contribution in [1.82, 2.24) is 15.1 Å². The SMILES string of the molecule is COCCCNC(=O)CN1CCN(C(=O)CSCc2ccc(OC)c([N+](=O)[O-])c2)CC1. The number of nitro benzene ring substituents is 1. The summed E-state index contributed by atoms with van der Waals surface area (Å²) in [6, 6.07) is 4.82. The fourth-order valence-corrected chi connectivity index (χ4v) is 4.05. The van der Waals surface area contributed by atoms with Crippen molar-refractivity contribution in [1.29, 1.82) is 0 Å². The highest BCUT2D eigenvalue weighted by atomic mass is 32.2.